The van der Waals surface area contributed by atoms with Gasteiger partial charge in [0.1, 0.15) is 0 Å². The average molecular weight is 739 g/mol. The van der Waals surface area contributed by atoms with Gasteiger partial charge in [0.2, 0.25) is 0 Å². The minimum Gasteiger partial charge on any atom is -0.310 e. The summed E-state index contributed by atoms with van der Waals surface area (Å²) in [6, 6.07) is 83.6. The molecule has 0 atom stereocenters. The lowest BCUT2D eigenvalue weighted by molar-refractivity contribution is 1.18. The van der Waals surface area contributed by atoms with E-state index in [1.807, 2.05) is 0 Å². The lowest BCUT2D eigenvalue weighted by Crippen LogP contribution is -2.10. The van der Waals surface area contributed by atoms with Gasteiger partial charge in [-0.25, -0.2) is 0 Å². The van der Waals surface area contributed by atoms with Gasteiger partial charge in [-0.15, -0.1) is 0 Å². The first-order valence-corrected chi connectivity index (χ1v) is 19.9. The highest BCUT2D eigenvalue weighted by Crippen LogP contribution is 2.42. The van der Waals surface area contributed by atoms with Crippen LogP contribution in [-0.4, -0.2) is 4.57 Å². The van der Waals surface area contributed by atoms with Gasteiger partial charge in [-0.2, -0.15) is 0 Å². The van der Waals surface area contributed by atoms with Gasteiger partial charge in [-0.3, -0.25) is 0 Å². The third-order valence-electron chi connectivity index (χ3n) is 11.5. The maximum Gasteiger partial charge on any atom is 0.0547 e. The third-order valence-corrected chi connectivity index (χ3v) is 11.5. The first-order chi connectivity index (χ1) is 28.7. The zero-order chi connectivity index (χ0) is 38.4. The van der Waals surface area contributed by atoms with Crippen molar-refractivity contribution in [2.75, 3.05) is 4.90 Å². The van der Waals surface area contributed by atoms with Crippen molar-refractivity contribution in [1.29, 1.82) is 0 Å². The molecule has 0 fully saturated rings. The largest absolute Gasteiger partial charge is 0.310 e. The SMILES string of the molecule is c1ccc(-c2ccc(N(c3cccc(-c4ccc(-n5c6cccc7ccc8cccc5c8c76)cc4)c3)c3cc(-c4ccccc4)cc(-c4ccccc4)c3)cc2)cc1. The van der Waals surface area contributed by atoms with E-state index >= 15 is 0 Å². The molecule has 0 aliphatic rings. The number of hydrogen-bond acceptors (Lipinski definition) is 1. The molecule has 0 aliphatic heterocycles. The van der Waals surface area contributed by atoms with Crippen LogP contribution in [0.25, 0.3) is 82.8 Å². The van der Waals surface area contributed by atoms with E-state index in [4.69, 9.17) is 0 Å². The van der Waals surface area contributed by atoms with Gasteiger partial charge in [0.25, 0.3) is 0 Å². The van der Waals surface area contributed by atoms with Crippen molar-refractivity contribution in [1.82, 2.24) is 4.57 Å². The lowest BCUT2D eigenvalue weighted by atomic mass is 9.97. The van der Waals surface area contributed by atoms with Crippen LogP contribution in [0, 0.1) is 0 Å². The van der Waals surface area contributed by atoms with Crippen molar-refractivity contribution in [3.05, 3.63) is 231 Å². The Bertz CT molecular complexity index is 3060. The normalized spacial score (nSPS) is 11.4. The molecule has 0 spiro atoms. The molecular weight excluding hydrogens is 701 g/mol. The summed E-state index contributed by atoms with van der Waals surface area (Å²) in [6.07, 6.45) is 0. The van der Waals surface area contributed by atoms with Crippen LogP contribution in [-0.2, 0) is 0 Å². The Hall–Kier alpha value is -7.68. The molecule has 10 aromatic carbocycles. The van der Waals surface area contributed by atoms with Crippen molar-refractivity contribution in [3.8, 4) is 50.2 Å². The second-order valence-corrected chi connectivity index (χ2v) is 15.0. The van der Waals surface area contributed by atoms with Crippen LogP contribution >= 0.6 is 0 Å². The van der Waals surface area contributed by atoms with E-state index in [-0.39, 0.29) is 0 Å². The molecule has 0 N–H and O–H groups in total. The molecule has 272 valence electrons. The van der Waals surface area contributed by atoms with E-state index in [0.29, 0.717) is 0 Å². The van der Waals surface area contributed by atoms with Gasteiger partial charge in [0.15, 0.2) is 0 Å². The standard InChI is InChI=1S/C56H38N2/c1-4-13-39(14-5-1)42-27-31-49(32-28-42)57(52-37-47(40-15-6-2-7-16-40)35-48(38-52)41-17-8-3-9-18-41)51-22-10-21-46(36-51)43-29-33-50(34-30-43)58-53-23-11-19-44-25-26-45-20-12-24-54(58)56(45)55(44)53/h1-38H. The highest BCUT2D eigenvalue weighted by Gasteiger charge is 2.19. The van der Waals surface area contributed by atoms with Gasteiger partial charge in [0.05, 0.1) is 11.0 Å². The number of anilines is 3. The summed E-state index contributed by atoms with van der Waals surface area (Å²) in [4.78, 5) is 2.40. The summed E-state index contributed by atoms with van der Waals surface area (Å²) in [5.74, 6) is 0. The predicted octanol–water partition coefficient (Wildman–Crippen LogP) is 15.5. The maximum absolute atomic E-state index is 2.41. The molecule has 1 aromatic heterocycles. The quantitative estimate of drug-likeness (QED) is 0.141. The highest BCUT2D eigenvalue weighted by molar-refractivity contribution is 6.24. The van der Waals surface area contributed by atoms with E-state index < -0.39 is 0 Å². The van der Waals surface area contributed by atoms with E-state index in [9.17, 15) is 0 Å². The fourth-order valence-corrected chi connectivity index (χ4v) is 8.74. The Morgan fingerprint density at radius 2 is 0.690 bits per heavy atom. The van der Waals surface area contributed by atoms with E-state index in [0.717, 1.165) is 28.3 Å². The molecule has 0 unspecified atom stereocenters. The predicted molar refractivity (Wildman–Crippen MR) is 246 cm³/mol. The molecule has 0 saturated carbocycles. The van der Waals surface area contributed by atoms with Crippen LogP contribution in [0.4, 0.5) is 17.1 Å². The van der Waals surface area contributed by atoms with Crippen molar-refractivity contribution < 1.29 is 0 Å². The summed E-state index contributed by atoms with van der Waals surface area (Å²) in [5.41, 5.74) is 16.3. The van der Waals surface area contributed by atoms with Gasteiger partial charge in [-0.1, -0.05) is 164 Å². The molecule has 0 amide bonds. The molecule has 0 aliphatic carbocycles. The summed E-state index contributed by atoms with van der Waals surface area (Å²) in [5, 5.41) is 5.21. The Kier molecular flexibility index (Phi) is 8.19. The topological polar surface area (TPSA) is 8.17 Å². The molecule has 58 heavy (non-hydrogen) atoms. The Labute approximate surface area is 338 Å². The fraction of sp³-hybridized carbons (Fsp3) is 0. The van der Waals surface area contributed by atoms with Gasteiger partial charge < -0.3 is 9.47 Å². The van der Waals surface area contributed by atoms with Crippen molar-refractivity contribution in [2.45, 2.75) is 0 Å². The van der Waals surface area contributed by atoms with E-state index in [2.05, 4.69) is 240 Å². The van der Waals surface area contributed by atoms with Gasteiger partial charge in [-0.05, 0) is 122 Å². The first kappa shape index (κ1) is 33.6. The molecule has 0 bridgehead atoms. The summed E-state index contributed by atoms with van der Waals surface area (Å²) >= 11 is 0. The van der Waals surface area contributed by atoms with Crippen molar-refractivity contribution >= 4 is 49.6 Å². The molecule has 11 aromatic rings. The molecule has 0 saturated heterocycles. The molecule has 11 rings (SSSR count). The zero-order valence-corrected chi connectivity index (χ0v) is 31.8. The van der Waals surface area contributed by atoms with Crippen molar-refractivity contribution in [3.63, 3.8) is 0 Å². The Morgan fingerprint density at radius 1 is 0.259 bits per heavy atom. The third kappa shape index (κ3) is 5.91. The first-order valence-electron chi connectivity index (χ1n) is 19.9. The molecular formula is C56H38N2. The number of nitrogens with zero attached hydrogens (tertiary/aromatic N) is 2. The van der Waals surface area contributed by atoms with Crippen LogP contribution in [0.15, 0.2) is 231 Å². The van der Waals surface area contributed by atoms with Gasteiger partial charge in [0, 0.05) is 33.5 Å². The number of hydrogen-bond donors (Lipinski definition) is 0. The number of benzene rings is 10. The van der Waals surface area contributed by atoms with E-state index in [1.54, 1.807) is 0 Å². The monoisotopic (exact) mass is 738 g/mol. The molecule has 0 radical (unpaired) electrons. The zero-order valence-electron chi connectivity index (χ0n) is 31.8. The molecule has 2 nitrogen and oxygen atoms in total. The second-order valence-electron chi connectivity index (χ2n) is 15.0. The number of aromatic nitrogens is 1. The van der Waals surface area contributed by atoms with Crippen LogP contribution in [0.3, 0.4) is 0 Å². The lowest BCUT2D eigenvalue weighted by Gasteiger charge is -2.27. The van der Waals surface area contributed by atoms with Gasteiger partial charge >= 0.3 is 0 Å². The van der Waals surface area contributed by atoms with Crippen LogP contribution in [0.5, 0.6) is 0 Å². The summed E-state index contributed by atoms with van der Waals surface area (Å²) in [7, 11) is 0. The minimum absolute atomic E-state index is 1.09. The van der Waals surface area contributed by atoms with Crippen LogP contribution < -0.4 is 4.90 Å². The molecule has 1 heterocycles. The second kappa shape index (κ2) is 14.1. The Morgan fingerprint density at radius 3 is 1.24 bits per heavy atom. The summed E-state index contributed by atoms with van der Waals surface area (Å²) < 4.78 is 2.41. The van der Waals surface area contributed by atoms with Crippen LogP contribution in [0.2, 0.25) is 0 Å². The Balaban J connectivity index is 1.04. The summed E-state index contributed by atoms with van der Waals surface area (Å²) in [6.45, 7) is 0. The smallest absolute Gasteiger partial charge is 0.0547 e. The van der Waals surface area contributed by atoms with E-state index in [1.165, 1.54) is 71.5 Å². The highest BCUT2D eigenvalue weighted by atomic mass is 15.1. The minimum atomic E-state index is 1.09. The molecule has 2 heteroatoms. The fourth-order valence-electron chi connectivity index (χ4n) is 8.74. The number of rotatable bonds is 8. The maximum atomic E-state index is 2.41. The average Bonchev–Trinajstić information content (AvgIpc) is 3.65. The van der Waals surface area contributed by atoms with Crippen molar-refractivity contribution in [2.24, 2.45) is 0 Å². The van der Waals surface area contributed by atoms with Crippen LogP contribution in [0.1, 0.15) is 0 Å².